The van der Waals surface area contributed by atoms with Gasteiger partial charge in [-0.1, -0.05) is 6.92 Å². The molecule has 1 heterocycles. The molecular formula is C16H21N3O2. The lowest BCUT2D eigenvalue weighted by molar-refractivity contribution is -0.116. The van der Waals surface area contributed by atoms with Gasteiger partial charge in [0.1, 0.15) is 5.52 Å². The van der Waals surface area contributed by atoms with Crippen molar-refractivity contribution >= 4 is 22.7 Å². The number of amides is 1. The van der Waals surface area contributed by atoms with Crippen LogP contribution in [0.1, 0.15) is 44.9 Å². The van der Waals surface area contributed by atoms with Crippen molar-refractivity contribution in [2.45, 2.75) is 45.1 Å². The minimum Gasteiger partial charge on any atom is -0.440 e. The molecule has 112 valence electrons. The van der Waals surface area contributed by atoms with Crippen LogP contribution in [-0.2, 0) is 4.79 Å². The van der Waals surface area contributed by atoms with Gasteiger partial charge < -0.3 is 15.1 Å². The highest BCUT2D eigenvalue weighted by molar-refractivity contribution is 5.93. The molecule has 2 N–H and O–H groups in total. The van der Waals surface area contributed by atoms with Crippen molar-refractivity contribution in [2.75, 3.05) is 11.9 Å². The van der Waals surface area contributed by atoms with Gasteiger partial charge >= 0.3 is 0 Å². The summed E-state index contributed by atoms with van der Waals surface area (Å²) in [7, 11) is 0. The van der Waals surface area contributed by atoms with Crippen molar-refractivity contribution in [1.82, 2.24) is 10.3 Å². The Balaban J connectivity index is 1.67. The van der Waals surface area contributed by atoms with Crippen LogP contribution < -0.4 is 10.6 Å². The maximum Gasteiger partial charge on any atom is 0.225 e. The second kappa shape index (κ2) is 5.85. The number of aromatic nitrogens is 1. The number of fused-ring (bicyclic) bond motifs is 1. The van der Waals surface area contributed by atoms with Crippen LogP contribution in [0.4, 0.5) is 5.69 Å². The van der Waals surface area contributed by atoms with Crippen molar-refractivity contribution in [3.63, 3.8) is 0 Å². The number of hydrogen-bond acceptors (Lipinski definition) is 4. The molecule has 1 unspecified atom stereocenters. The van der Waals surface area contributed by atoms with E-state index in [-0.39, 0.29) is 11.9 Å². The van der Waals surface area contributed by atoms with Gasteiger partial charge in [0.25, 0.3) is 0 Å². The molecule has 0 bridgehead atoms. The molecule has 1 saturated carbocycles. The maximum atomic E-state index is 12.0. The number of benzene rings is 1. The number of carbonyl (C=O) groups excluding carboxylic acids is 1. The second-order valence-corrected chi connectivity index (χ2v) is 5.72. The zero-order valence-electron chi connectivity index (χ0n) is 12.5. The minimum atomic E-state index is 0.00807. The monoisotopic (exact) mass is 287 g/mol. The summed E-state index contributed by atoms with van der Waals surface area (Å²) in [6.07, 6.45) is 2.79. The van der Waals surface area contributed by atoms with Crippen molar-refractivity contribution in [3.8, 4) is 0 Å². The Hall–Kier alpha value is -1.88. The normalized spacial score (nSPS) is 16.1. The Morgan fingerprint density at radius 2 is 2.29 bits per heavy atom. The summed E-state index contributed by atoms with van der Waals surface area (Å²) in [4.78, 5) is 16.5. The second-order valence-electron chi connectivity index (χ2n) is 5.72. The van der Waals surface area contributed by atoms with Crippen LogP contribution in [0.5, 0.6) is 0 Å². The molecular weight excluding hydrogens is 266 g/mol. The van der Waals surface area contributed by atoms with Crippen molar-refractivity contribution in [2.24, 2.45) is 0 Å². The fraction of sp³-hybridized carbons (Fsp3) is 0.500. The third kappa shape index (κ3) is 3.42. The third-order valence-corrected chi connectivity index (χ3v) is 3.66. The summed E-state index contributed by atoms with van der Waals surface area (Å²) in [6, 6.07) is 5.78. The Bertz CT molecular complexity index is 646. The lowest BCUT2D eigenvalue weighted by atomic mass is 10.2. The maximum absolute atomic E-state index is 12.0. The SMILES string of the molecule is CCNC(C)CC(=O)Nc1ccc2oc(C3CC3)nc2c1. The van der Waals surface area contributed by atoms with E-state index in [9.17, 15) is 4.79 Å². The number of nitrogens with one attached hydrogen (secondary N) is 2. The number of rotatable bonds is 6. The van der Waals surface area contributed by atoms with E-state index in [1.54, 1.807) is 0 Å². The van der Waals surface area contributed by atoms with Gasteiger partial charge in [0.15, 0.2) is 11.5 Å². The molecule has 1 amide bonds. The van der Waals surface area contributed by atoms with E-state index in [0.29, 0.717) is 12.3 Å². The first-order valence-corrected chi connectivity index (χ1v) is 7.59. The Labute approximate surface area is 124 Å². The van der Waals surface area contributed by atoms with Gasteiger partial charge in [-0.25, -0.2) is 4.98 Å². The zero-order valence-corrected chi connectivity index (χ0v) is 12.5. The molecule has 0 aliphatic heterocycles. The van der Waals surface area contributed by atoms with Gasteiger partial charge in [0.2, 0.25) is 5.91 Å². The van der Waals surface area contributed by atoms with E-state index >= 15 is 0 Å². The molecule has 1 fully saturated rings. The average molecular weight is 287 g/mol. The van der Waals surface area contributed by atoms with Gasteiger partial charge in [0, 0.05) is 24.1 Å². The molecule has 1 aliphatic rings. The lowest BCUT2D eigenvalue weighted by Crippen LogP contribution is -2.30. The van der Waals surface area contributed by atoms with Gasteiger partial charge in [0.05, 0.1) is 0 Å². The molecule has 1 aromatic heterocycles. The summed E-state index contributed by atoms with van der Waals surface area (Å²) in [6.45, 7) is 4.90. The van der Waals surface area contributed by atoms with E-state index in [4.69, 9.17) is 4.42 Å². The predicted molar refractivity (Wildman–Crippen MR) is 82.4 cm³/mol. The van der Waals surface area contributed by atoms with E-state index in [1.807, 2.05) is 32.0 Å². The number of anilines is 1. The van der Waals surface area contributed by atoms with E-state index in [2.05, 4.69) is 15.6 Å². The first-order valence-electron chi connectivity index (χ1n) is 7.59. The Morgan fingerprint density at radius 1 is 1.48 bits per heavy atom. The van der Waals surface area contributed by atoms with Crippen LogP contribution in [0, 0.1) is 0 Å². The van der Waals surface area contributed by atoms with E-state index in [0.717, 1.165) is 29.2 Å². The number of oxazole rings is 1. The summed E-state index contributed by atoms with van der Waals surface area (Å²) in [5.74, 6) is 1.33. The van der Waals surface area contributed by atoms with Crippen LogP contribution >= 0.6 is 0 Å². The summed E-state index contributed by atoms with van der Waals surface area (Å²) < 4.78 is 5.71. The molecule has 3 rings (SSSR count). The highest BCUT2D eigenvalue weighted by Gasteiger charge is 2.28. The largest absolute Gasteiger partial charge is 0.440 e. The molecule has 1 aromatic carbocycles. The quantitative estimate of drug-likeness (QED) is 0.857. The standard InChI is InChI=1S/C16H21N3O2/c1-3-17-10(2)8-15(20)18-12-6-7-14-13(9-12)19-16(21-14)11-4-5-11/h6-7,9-11,17H,3-5,8H2,1-2H3,(H,18,20). The van der Waals surface area contributed by atoms with Crippen LogP contribution in [-0.4, -0.2) is 23.5 Å². The summed E-state index contributed by atoms with van der Waals surface area (Å²) in [5.41, 5.74) is 2.37. The van der Waals surface area contributed by atoms with E-state index < -0.39 is 0 Å². The molecule has 0 radical (unpaired) electrons. The van der Waals surface area contributed by atoms with Gasteiger partial charge in [-0.3, -0.25) is 4.79 Å². The van der Waals surface area contributed by atoms with Crippen molar-refractivity contribution in [3.05, 3.63) is 24.1 Å². The van der Waals surface area contributed by atoms with Crippen LogP contribution in [0.25, 0.3) is 11.1 Å². The van der Waals surface area contributed by atoms with Gasteiger partial charge in [-0.05, 0) is 44.5 Å². The fourth-order valence-corrected chi connectivity index (χ4v) is 2.44. The van der Waals surface area contributed by atoms with Crippen LogP contribution in [0.3, 0.4) is 0 Å². The van der Waals surface area contributed by atoms with Crippen LogP contribution in [0.2, 0.25) is 0 Å². The highest BCUT2D eigenvalue weighted by Crippen LogP contribution is 2.40. The smallest absolute Gasteiger partial charge is 0.225 e. The van der Waals surface area contributed by atoms with Crippen LogP contribution in [0.15, 0.2) is 22.6 Å². The first kappa shape index (κ1) is 14.1. The highest BCUT2D eigenvalue weighted by atomic mass is 16.3. The molecule has 0 spiro atoms. The lowest BCUT2D eigenvalue weighted by Gasteiger charge is -2.11. The van der Waals surface area contributed by atoms with Gasteiger partial charge in [-0.15, -0.1) is 0 Å². The number of nitrogens with zero attached hydrogens (tertiary/aromatic N) is 1. The van der Waals surface area contributed by atoms with Crippen molar-refractivity contribution < 1.29 is 9.21 Å². The predicted octanol–water partition coefficient (Wildman–Crippen LogP) is 3.03. The Kier molecular flexibility index (Phi) is 3.92. The molecule has 21 heavy (non-hydrogen) atoms. The van der Waals surface area contributed by atoms with Gasteiger partial charge in [-0.2, -0.15) is 0 Å². The minimum absolute atomic E-state index is 0.00807. The molecule has 1 atom stereocenters. The van der Waals surface area contributed by atoms with E-state index in [1.165, 1.54) is 12.8 Å². The summed E-state index contributed by atoms with van der Waals surface area (Å²) in [5, 5.41) is 6.14. The molecule has 2 aromatic rings. The third-order valence-electron chi connectivity index (χ3n) is 3.66. The number of carbonyl (C=O) groups is 1. The Morgan fingerprint density at radius 3 is 3.00 bits per heavy atom. The molecule has 1 aliphatic carbocycles. The molecule has 0 saturated heterocycles. The fourth-order valence-electron chi connectivity index (χ4n) is 2.44. The summed E-state index contributed by atoms with van der Waals surface area (Å²) >= 11 is 0. The topological polar surface area (TPSA) is 67.2 Å². The van der Waals surface area contributed by atoms with Crippen molar-refractivity contribution in [1.29, 1.82) is 0 Å². The molecule has 5 heteroatoms. The zero-order chi connectivity index (χ0) is 14.8. The average Bonchev–Trinajstić information content (AvgIpc) is 3.19. The first-order chi connectivity index (χ1) is 10.2. The number of hydrogen-bond donors (Lipinski definition) is 2. The molecule has 5 nitrogen and oxygen atoms in total.